The summed E-state index contributed by atoms with van der Waals surface area (Å²) in [6.45, 7) is 0.738. The molecule has 0 unspecified atom stereocenters. The highest BCUT2D eigenvalue weighted by molar-refractivity contribution is 5.79. The van der Waals surface area contributed by atoms with Gasteiger partial charge in [0.2, 0.25) is 5.91 Å². The second kappa shape index (κ2) is 5.92. The summed E-state index contributed by atoms with van der Waals surface area (Å²) in [5, 5.41) is 3.11. The van der Waals surface area contributed by atoms with Crippen LogP contribution < -0.4 is 5.32 Å². The van der Waals surface area contributed by atoms with Gasteiger partial charge in [0.25, 0.3) is 0 Å². The molecule has 3 nitrogen and oxygen atoms in total. The van der Waals surface area contributed by atoms with Gasteiger partial charge in [-0.05, 0) is 43.4 Å². The molecule has 0 spiro atoms. The van der Waals surface area contributed by atoms with E-state index in [0.717, 1.165) is 44.3 Å². The van der Waals surface area contributed by atoms with Crippen LogP contribution in [0.15, 0.2) is 24.3 Å². The number of carbonyl (C=O) groups is 1. The summed E-state index contributed by atoms with van der Waals surface area (Å²) in [5.41, 5.74) is 0.922. The number of ether oxygens (including phenoxy) is 1. The first kappa shape index (κ1) is 13.6. The number of benzene rings is 1. The highest BCUT2D eigenvalue weighted by Crippen LogP contribution is 2.30. The van der Waals surface area contributed by atoms with Crippen molar-refractivity contribution >= 4 is 5.91 Å². The summed E-state index contributed by atoms with van der Waals surface area (Å²) in [5.74, 6) is 0.00517. The van der Waals surface area contributed by atoms with Crippen molar-refractivity contribution < 1.29 is 13.9 Å². The Hall–Kier alpha value is -1.42. The molecule has 4 heteroatoms. The number of hydrogen-bond donors (Lipinski definition) is 1. The van der Waals surface area contributed by atoms with Gasteiger partial charge in [-0.25, -0.2) is 4.39 Å². The molecule has 2 fully saturated rings. The van der Waals surface area contributed by atoms with Crippen LogP contribution in [0.4, 0.5) is 4.39 Å². The summed E-state index contributed by atoms with van der Waals surface area (Å²) < 4.78 is 18.8. The van der Waals surface area contributed by atoms with E-state index < -0.39 is 0 Å². The zero-order valence-corrected chi connectivity index (χ0v) is 11.5. The quantitative estimate of drug-likeness (QED) is 0.919. The van der Waals surface area contributed by atoms with Gasteiger partial charge >= 0.3 is 0 Å². The average Bonchev–Trinajstić information content (AvgIpc) is 2.88. The number of nitrogens with one attached hydrogen (secondary N) is 1. The van der Waals surface area contributed by atoms with E-state index >= 15 is 0 Å². The molecule has 3 rings (SSSR count). The van der Waals surface area contributed by atoms with E-state index in [1.54, 1.807) is 12.1 Å². The number of halogens is 1. The first-order chi connectivity index (χ1) is 9.74. The van der Waals surface area contributed by atoms with Crippen molar-refractivity contribution in [2.45, 2.75) is 44.2 Å². The van der Waals surface area contributed by atoms with E-state index in [1.807, 2.05) is 0 Å². The fourth-order valence-corrected chi connectivity index (χ4v) is 2.87. The molecule has 2 aliphatic rings. The van der Waals surface area contributed by atoms with Gasteiger partial charge in [0, 0.05) is 12.5 Å². The Bertz CT molecular complexity index is 464. The normalized spacial score (nSPS) is 24.1. The predicted molar refractivity (Wildman–Crippen MR) is 73.6 cm³/mol. The molecule has 1 N–H and O–H groups in total. The van der Waals surface area contributed by atoms with Crippen LogP contribution in [0.1, 0.15) is 43.7 Å². The lowest BCUT2D eigenvalue weighted by Crippen LogP contribution is -2.41. The molecule has 1 amide bonds. The van der Waals surface area contributed by atoms with E-state index in [0.29, 0.717) is 0 Å². The van der Waals surface area contributed by atoms with Gasteiger partial charge in [0.15, 0.2) is 0 Å². The van der Waals surface area contributed by atoms with Gasteiger partial charge < -0.3 is 10.1 Å². The highest BCUT2D eigenvalue weighted by Gasteiger charge is 2.32. The highest BCUT2D eigenvalue weighted by atomic mass is 19.1. The smallest absolute Gasteiger partial charge is 0.223 e. The van der Waals surface area contributed by atoms with Crippen LogP contribution in [0.3, 0.4) is 0 Å². The summed E-state index contributed by atoms with van der Waals surface area (Å²) in [6, 6.07) is 6.19. The molecular formula is C16H20FNO2. The number of hydrogen-bond acceptors (Lipinski definition) is 2. The molecule has 2 atom stereocenters. The Kier molecular flexibility index (Phi) is 4.01. The fraction of sp³-hybridized carbons (Fsp3) is 0.562. The first-order valence-electron chi connectivity index (χ1n) is 7.41. The third kappa shape index (κ3) is 2.85. The minimum atomic E-state index is -0.259. The van der Waals surface area contributed by atoms with Crippen LogP contribution in [0, 0.1) is 11.7 Å². The van der Waals surface area contributed by atoms with Gasteiger partial charge in [-0.2, -0.15) is 0 Å². The minimum Gasteiger partial charge on any atom is -0.376 e. The van der Waals surface area contributed by atoms with Gasteiger partial charge in [-0.1, -0.05) is 18.6 Å². The summed E-state index contributed by atoms with van der Waals surface area (Å²) in [7, 11) is 0. The average molecular weight is 277 g/mol. The van der Waals surface area contributed by atoms with E-state index in [-0.39, 0.29) is 29.8 Å². The number of amides is 1. The van der Waals surface area contributed by atoms with Crippen LogP contribution in [0.5, 0.6) is 0 Å². The third-order valence-corrected chi connectivity index (χ3v) is 4.34. The minimum absolute atomic E-state index is 0.00416. The summed E-state index contributed by atoms with van der Waals surface area (Å²) >= 11 is 0. The van der Waals surface area contributed by atoms with E-state index in [4.69, 9.17) is 4.74 Å². The second-order valence-corrected chi connectivity index (χ2v) is 5.72. The van der Waals surface area contributed by atoms with E-state index in [1.165, 1.54) is 12.1 Å². The Balaban J connectivity index is 1.75. The third-order valence-electron chi connectivity index (χ3n) is 4.34. The van der Waals surface area contributed by atoms with E-state index in [2.05, 4.69) is 5.32 Å². The maximum Gasteiger partial charge on any atom is 0.223 e. The monoisotopic (exact) mass is 277 g/mol. The number of carbonyl (C=O) groups excluding carboxylic acids is 1. The molecule has 0 radical (unpaired) electrons. The zero-order chi connectivity index (χ0) is 13.9. The van der Waals surface area contributed by atoms with Gasteiger partial charge in [-0.15, -0.1) is 0 Å². The molecule has 0 bridgehead atoms. The van der Waals surface area contributed by atoms with Crippen LogP contribution in [0.25, 0.3) is 0 Å². The summed E-state index contributed by atoms with van der Waals surface area (Å²) in [4.78, 5) is 12.2. The van der Waals surface area contributed by atoms with Gasteiger partial charge in [0.05, 0.1) is 12.1 Å². The van der Waals surface area contributed by atoms with Crippen LogP contribution in [0.2, 0.25) is 0 Å². The fourth-order valence-electron chi connectivity index (χ4n) is 2.87. The molecule has 20 heavy (non-hydrogen) atoms. The Labute approximate surface area is 118 Å². The zero-order valence-electron chi connectivity index (χ0n) is 11.5. The van der Waals surface area contributed by atoms with Crippen molar-refractivity contribution in [2.24, 2.45) is 5.92 Å². The van der Waals surface area contributed by atoms with Crippen LogP contribution in [-0.2, 0) is 9.53 Å². The molecule has 1 aromatic carbocycles. The van der Waals surface area contributed by atoms with Crippen molar-refractivity contribution in [1.82, 2.24) is 5.32 Å². The molecule has 1 aromatic rings. The molecule has 1 heterocycles. The molecule has 1 aliphatic heterocycles. The Morgan fingerprint density at radius 1 is 1.20 bits per heavy atom. The Morgan fingerprint density at radius 2 is 1.95 bits per heavy atom. The lowest BCUT2D eigenvalue weighted by molar-refractivity contribution is -0.129. The van der Waals surface area contributed by atoms with Crippen LogP contribution in [-0.4, -0.2) is 18.6 Å². The maximum atomic E-state index is 13.1. The lowest BCUT2D eigenvalue weighted by Gasteiger charge is -2.30. The molecule has 1 saturated carbocycles. The predicted octanol–water partition coefficient (Wildman–Crippen LogP) is 2.96. The number of rotatable bonds is 4. The molecular weight excluding hydrogens is 257 g/mol. The van der Waals surface area contributed by atoms with E-state index in [9.17, 15) is 9.18 Å². The summed E-state index contributed by atoms with van der Waals surface area (Å²) in [6.07, 6.45) is 5.05. The van der Waals surface area contributed by atoms with Crippen molar-refractivity contribution in [3.63, 3.8) is 0 Å². The van der Waals surface area contributed by atoms with Gasteiger partial charge in [-0.3, -0.25) is 4.79 Å². The van der Waals surface area contributed by atoms with Gasteiger partial charge in [0.1, 0.15) is 5.82 Å². The SMILES string of the molecule is O=C(N[C@@H](c1ccc(F)cc1)[C@H]1CCCO1)C1CCC1. The molecule has 1 aliphatic carbocycles. The van der Waals surface area contributed by atoms with Crippen molar-refractivity contribution in [3.05, 3.63) is 35.6 Å². The molecule has 1 saturated heterocycles. The molecule has 0 aromatic heterocycles. The van der Waals surface area contributed by atoms with Crippen molar-refractivity contribution in [2.75, 3.05) is 6.61 Å². The maximum absolute atomic E-state index is 13.1. The topological polar surface area (TPSA) is 38.3 Å². The lowest BCUT2D eigenvalue weighted by atomic mass is 9.84. The standard InChI is InChI=1S/C16H20FNO2/c17-13-8-6-11(7-9-13)15(14-5-2-10-20-14)18-16(19)12-3-1-4-12/h6-9,12,14-15H,1-5,10H2,(H,18,19)/t14-,15+/m1/s1. The van der Waals surface area contributed by atoms with Crippen molar-refractivity contribution in [1.29, 1.82) is 0 Å². The Morgan fingerprint density at radius 3 is 2.50 bits per heavy atom. The molecule has 108 valence electrons. The van der Waals surface area contributed by atoms with Crippen LogP contribution >= 0.6 is 0 Å². The first-order valence-corrected chi connectivity index (χ1v) is 7.41. The largest absolute Gasteiger partial charge is 0.376 e. The van der Waals surface area contributed by atoms with Crippen molar-refractivity contribution in [3.8, 4) is 0 Å². The second-order valence-electron chi connectivity index (χ2n) is 5.72.